The largest absolute Gasteiger partial charge is 0.481 e. The molecule has 7 heteroatoms. The Morgan fingerprint density at radius 3 is 2.75 bits per heavy atom. The number of carboxylic acid groups (broad SMARTS) is 1. The fourth-order valence-electron chi connectivity index (χ4n) is 2.20. The Morgan fingerprint density at radius 1 is 1.12 bits per heavy atom. The van der Waals surface area contributed by atoms with E-state index in [-0.39, 0.29) is 6.42 Å². The number of benzene rings is 1. The first-order valence-corrected chi connectivity index (χ1v) is 7.51. The molecule has 0 radical (unpaired) electrons. The van der Waals surface area contributed by atoms with Crippen LogP contribution in [-0.4, -0.2) is 26.0 Å². The summed E-state index contributed by atoms with van der Waals surface area (Å²) in [5.41, 5.74) is 2.96. The Hall–Kier alpha value is -2.99. The second kappa shape index (κ2) is 7.06. The van der Waals surface area contributed by atoms with Gasteiger partial charge < -0.3 is 10.4 Å². The van der Waals surface area contributed by atoms with Crippen molar-refractivity contribution in [2.45, 2.75) is 6.42 Å². The fourth-order valence-corrected chi connectivity index (χ4v) is 2.38. The molecule has 0 saturated carbocycles. The highest BCUT2D eigenvalue weighted by molar-refractivity contribution is 6.29. The van der Waals surface area contributed by atoms with Gasteiger partial charge in [-0.05, 0) is 35.9 Å². The van der Waals surface area contributed by atoms with Crippen LogP contribution in [0.25, 0.3) is 11.3 Å². The maximum atomic E-state index is 10.8. The SMILES string of the molecule is O=C(O)Cc1cccc(Nc2nccc(-c3ccnc(Cl)c3)n2)c1. The average Bonchev–Trinajstić information content (AvgIpc) is 2.55. The summed E-state index contributed by atoms with van der Waals surface area (Å²) in [5, 5.41) is 12.3. The van der Waals surface area contributed by atoms with Crippen molar-refractivity contribution >= 4 is 29.2 Å². The molecule has 120 valence electrons. The van der Waals surface area contributed by atoms with Crippen LogP contribution in [-0.2, 0) is 11.2 Å². The van der Waals surface area contributed by atoms with E-state index in [1.54, 1.807) is 42.7 Å². The van der Waals surface area contributed by atoms with Gasteiger partial charge in [0.05, 0.1) is 12.1 Å². The highest BCUT2D eigenvalue weighted by Gasteiger charge is 2.05. The van der Waals surface area contributed by atoms with Crippen LogP contribution >= 0.6 is 11.6 Å². The lowest BCUT2D eigenvalue weighted by Gasteiger charge is -2.08. The minimum absolute atomic E-state index is 0.0358. The molecule has 2 aromatic heterocycles. The lowest BCUT2D eigenvalue weighted by molar-refractivity contribution is -0.136. The maximum absolute atomic E-state index is 10.8. The van der Waals surface area contributed by atoms with Gasteiger partial charge >= 0.3 is 5.97 Å². The number of pyridine rings is 1. The minimum atomic E-state index is -0.875. The fraction of sp³-hybridized carbons (Fsp3) is 0.0588. The molecule has 0 amide bonds. The van der Waals surface area contributed by atoms with Crippen molar-refractivity contribution in [1.82, 2.24) is 15.0 Å². The van der Waals surface area contributed by atoms with Crippen LogP contribution in [0.5, 0.6) is 0 Å². The molecular formula is C17H13ClN4O2. The number of carboxylic acids is 1. The number of carbonyl (C=O) groups is 1. The van der Waals surface area contributed by atoms with E-state index in [1.165, 1.54) is 0 Å². The zero-order valence-electron chi connectivity index (χ0n) is 12.5. The predicted molar refractivity (Wildman–Crippen MR) is 91.3 cm³/mol. The van der Waals surface area contributed by atoms with Gasteiger partial charge in [-0.15, -0.1) is 0 Å². The zero-order chi connectivity index (χ0) is 16.9. The number of rotatable bonds is 5. The minimum Gasteiger partial charge on any atom is -0.481 e. The topological polar surface area (TPSA) is 88.0 Å². The summed E-state index contributed by atoms with van der Waals surface area (Å²) in [6, 6.07) is 12.4. The van der Waals surface area contributed by atoms with E-state index in [4.69, 9.17) is 16.7 Å². The summed E-state index contributed by atoms with van der Waals surface area (Å²) in [7, 11) is 0. The third kappa shape index (κ3) is 4.05. The van der Waals surface area contributed by atoms with Crippen molar-refractivity contribution in [3.05, 3.63) is 65.6 Å². The first kappa shape index (κ1) is 15.9. The van der Waals surface area contributed by atoms with Crippen LogP contribution < -0.4 is 5.32 Å². The Morgan fingerprint density at radius 2 is 1.96 bits per heavy atom. The normalized spacial score (nSPS) is 10.4. The molecular weight excluding hydrogens is 328 g/mol. The third-order valence-electron chi connectivity index (χ3n) is 3.22. The number of hydrogen-bond acceptors (Lipinski definition) is 5. The van der Waals surface area contributed by atoms with Crippen molar-refractivity contribution < 1.29 is 9.90 Å². The van der Waals surface area contributed by atoms with Crippen molar-refractivity contribution in [2.24, 2.45) is 0 Å². The monoisotopic (exact) mass is 340 g/mol. The molecule has 1 aromatic carbocycles. The van der Waals surface area contributed by atoms with E-state index in [2.05, 4.69) is 20.3 Å². The molecule has 3 rings (SSSR count). The number of aliphatic carboxylic acids is 1. The summed E-state index contributed by atoms with van der Waals surface area (Å²) >= 11 is 5.91. The molecule has 0 spiro atoms. The van der Waals surface area contributed by atoms with Crippen LogP contribution in [0.3, 0.4) is 0 Å². The van der Waals surface area contributed by atoms with Crippen LogP contribution in [0.15, 0.2) is 54.9 Å². The quantitative estimate of drug-likeness (QED) is 0.690. The molecule has 0 fully saturated rings. The molecule has 2 N–H and O–H groups in total. The van der Waals surface area contributed by atoms with Crippen LogP contribution in [0.4, 0.5) is 11.6 Å². The molecule has 0 aliphatic heterocycles. The Bertz CT molecular complexity index is 886. The number of halogens is 1. The van der Waals surface area contributed by atoms with Crippen LogP contribution in [0.1, 0.15) is 5.56 Å². The summed E-state index contributed by atoms with van der Waals surface area (Å²) in [6.07, 6.45) is 3.22. The van der Waals surface area contributed by atoms with Crippen LogP contribution in [0, 0.1) is 0 Å². The van der Waals surface area contributed by atoms with E-state index < -0.39 is 5.97 Å². The molecule has 0 aliphatic rings. The van der Waals surface area contributed by atoms with E-state index in [0.717, 1.165) is 11.3 Å². The van der Waals surface area contributed by atoms with Gasteiger partial charge in [0, 0.05) is 23.6 Å². The number of anilines is 2. The number of nitrogens with one attached hydrogen (secondary N) is 1. The lowest BCUT2D eigenvalue weighted by Crippen LogP contribution is -2.02. The molecule has 24 heavy (non-hydrogen) atoms. The molecule has 6 nitrogen and oxygen atoms in total. The van der Waals surface area contributed by atoms with Crippen molar-refractivity contribution in [3.63, 3.8) is 0 Å². The highest BCUT2D eigenvalue weighted by atomic mass is 35.5. The van der Waals surface area contributed by atoms with Gasteiger partial charge in [0.15, 0.2) is 0 Å². The smallest absolute Gasteiger partial charge is 0.307 e. The molecule has 0 bridgehead atoms. The summed E-state index contributed by atoms with van der Waals surface area (Å²) in [4.78, 5) is 23.4. The van der Waals surface area contributed by atoms with E-state index in [0.29, 0.717) is 22.4 Å². The standard InChI is InChI=1S/C17H13ClN4O2/c18-15-10-12(4-6-19-15)14-5-7-20-17(22-14)21-13-3-1-2-11(8-13)9-16(23)24/h1-8,10H,9H2,(H,23,24)(H,20,21,22). The second-order valence-corrected chi connectivity index (χ2v) is 5.42. The highest BCUT2D eigenvalue weighted by Crippen LogP contribution is 2.21. The van der Waals surface area contributed by atoms with E-state index in [1.807, 2.05) is 12.1 Å². The summed E-state index contributed by atoms with van der Waals surface area (Å²) < 4.78 is 0. The lowest BCUT2D eigenvalue weighted by atomic mass is 10.1. The van der Waals surface area contributed by atoms with Gasteiger partial charge in [-0.3, -0.25) is 4.79 Å². The van der Waals surface area contributed by atoms with E-state index >= 15 is 0 Å². The van der Waals surface area contributed by atoms with Crippen molar-refractivity contribution in [2.75, 3.05) is 5.32 Å². The van der Waals surface area contributed by atoms with Gasteiger partial charge in [-0.1, -0.05) is 23.7 Å². The van der Waals surface area contributed by atoms with Gasteiger partial charge in [0.25, 0.3) is 0 Å². The first-order chi connectivity index (χ1) is 11.6. The summed E-state index contributed by atoms with van der Waals surface area (Å²) in [5.74, 6) is -0.465. The number of nitrogens with zero attached hydrogens (tertiary/aromatic N) is 3. The Labute approximate surface area is 143 Å². The first-order valence-electron chi connectivity index (χ1n) is 7.13. The van der Waals surface area contributed by atoms with E-state index in [9.17, 15) is 4.79 Å². The number of aromatic nitrogens is 3. The van der Waals surface area contributed by atoms with Gasteiger partial charge in [0.2, 0.25) is 5.95 Å². The van der Waals surface area contributed by atoms with Crippen molar-refractivity contribution in [1.29, 1.82) is 0 Å². The van der Waals surface area contributed by atoms with Crippen molar-refractivity contribution in [3.8, 4) is 11.3 Å². The molecule has 0 unspecified atom stereocenters. The molecule has 3 aromatic rings. The average molecular weight is 341 g/mol. The van der Waals surface area contributed by atoms with Crippen LogP contribution in [0.2, 0.25) is 5.15 Å². The molecule has 0 atom stereocenters. The molecule has 0 aliphatic carbocycles. The number of hydrogen-bond donors (Lipinski definition) is 2. The Kier molecular flexibility index (Phi) is 4.67. The second-order valence-electron chi connectivity index (χ2n) is 5.03. The summed E-state index contributed by atoms with van der Waals surface area (Å²) in [6.45, 7) is 0. The molecule has 0 saturated heterocycles. The van der Waals surface area contributed by atoms with Gasteiger partial charge in [-0.2, -0.15) is 0 Å². The zero-order valence-corrected chi connectivity index (χ0v) is 13.2. The Balaban J connectivity index is 1.84. The van der Waals surface area contributed by atoms with Gasteiger partial charge in [-0.25, -0.2) is 15.0 Å². The predicted octanol–water partition coefficient (Wildman–Crippen LogP) is 3.56. The van der Waals surface area contributed by atoms with Gasteiger partial charge in [0.1, 0.15) is 5.15 Å². The molecule has 2 heterocycles. The maximum Gasteiger partial charge on any atom is 0.307 e. The third-order valence-corrected chi connectivity index (χ3v) is 3.42.